The fourth-order valence-electron chi connectivity index (χ4n) is 2.82. The van der Waals surface area contributed by atoms with Crippen molar-refractivity contribution in [3.8, 4) is 23.1 Å². The van der Waals surface area contributed by atoms with Gasteiger partial charge in [-0.15, -0.1) is 0 Å². The lowest BCUT2D eigenvalue weighted by molar-refractivity contribution is 0.297. The predicted octanol–water partition coefficient (Wildman–Crippen LogP) is 4.10. The Morgan fingerprint density at radius 3 is 2.77 bits per heavy atom. The van der Waals surface area contributed by atoms with Gasteiger partial charge in [-0.25, -0.2) is 14.4 Å². The van der Waals surface area contributed by atoms with Crippen LogP contribution in [0.3, 0.4) is 0 Å². The average Bonchev–Trinajstić information content (AvgIpc) is 2.98. The molecule has 0 bridgehead atoms. The van der Waals surface area contributed by atoms with Gasteiger partial charge in [-0.2, -0.15) is 0 Å². The van der Waals surface area contributed by atoms with Crippen LogP contribution < -0.4 is 25.3 Å². The summed E-state index contributed by atoms with van der Waals surface area (Å²) in [7, 11) is 0. The summed E-state index contributed by atoms with van der Waals surface area (Å²) in [5, 5.41) is 3.04. The summed E-state index contributed by atoms with van der Waals surface area (Å²) in [6, 6.07) is 15.0. The Morgan fingerprint density at radius 2 is 1.97 bits per heavy atom. The van der Waals surface area contributed by atoms with Gasteiger partial charge in [0, 0.05) is 36.5 Å². The van der Waals surface area contributed by atoms with Crippen LogP contribution in [0.15, 0.2) is 65.8 Å². The molecule has 0 saturated carbocycles. The van der Waals surface area contributed by atoms with Crippen LogP contribution >= 0.6 is 0 Å². The molecular weight excluding hydrogens is 387 g/mol. The highest BCUT2D eigenvalue weighted by Gasteiger charge is 2.11. The smallest absolute Gasteiger partial charge is 0.219 e. The van der Waals surface area contributed by atoms with Crippen molar-refractivity contribution < 1.29 is 18.6 Å². The summed E-state index contributed by atoms with van der Waals surface area (Å²) in [6.45, 7) is 1.60. The molecule has 4 rings (SSSR count). The first-order valence-corrected chi connectivity index (χ1v) is 9.51. The zero-order chi connectivity index (χ0) is 20.8. The monoisotopic (exact) mass is 408 g/mol. The number of hydrogen-bond donors (Lipinski definition) is 2. The first-order valence-electron chi connectivity index (χ1n) is 9.51. The Hall–Kier alpha value is -3.81. The summed E-state index contributed by atoms with van der Waals surface area (Å²) in [6.07, 6.45) is 2.49. The Balaban J connectivity index is 1.34. The number of anilines is 1. The van der Waals surface area contributed by atoms with E-state index in [2.05, 4.69) is 15.3 Å². The molecule has 0 atom stereocenters. The van der Waals surface area contributed by atoms with Crippen LogP contribution in [0.1, 0.15) is 12.0 Å². The largest absolute Gasteiger partial charge is 0.490 e. The van der Waals surface area contributed by atoms with Gasteiger partial charge >= 0.3 is 0 Å². The second-order valence-corrected chi connectivity index (χ2v) is 6.60. The molecule has 0 fully saturated rings. The summed E-state index contributed by atoms with van der Waals surface area (Å²) >= 11 is 0. The van der Waals surface area contributed by atoms with Gasteiger partial charge in [-0.05, 0) is 29.8 Å². The molecule has 3 N–H and O–H groups in total. The van der Waals surface area contributed by atoms with Crippen molar-refractivity contribution in [2.45, 2.75) is 13.0 Å². The average molecular weight is 408 g/mol. The van der Waals surface area contributed by atoms with Crippen molar-refractivity contribution in [3.05, 3.63) is 72.2 Å². The topological polar surface area (TPSA) is 91.0 Å². The highest BCUT2D eigenvalue weighted by Crippen LogP contribution is 2.32. The Labute approximate surface area is 173 Å². The van der Waals surface area contributed by atoms with Crippen LogP contribution in [0.25, 0.3) is 0 Å². The van der Waals surface area contributed by atoms with E-state index in [1.807, 2.05) is 24.3 Å². The van der Waals surface area contributed by atoms with Crippen molar-refractivity contribution in [1.82, 2.24) is 4.98 Å². The van der Waals surface area contributed by atoms with Gasteiger partial charge in [0.25, 0.3) is 0 Å². The molecule has 0 amide bonds. The van der Waals surface area contributed by atoms with Crippen molar-refractivity contribution in [3.63, 3.8) is 0 Å². The van der Waals surface area contributed by atoms with Crippen molar-refractivity contribution in [2.75, 3.05) is 18.5 Å². The third-order valence-electron chi connectivity index (χ3n) is 4.27. The number of benzene rings is 2. The molecule has 7 nitrogen and oxygen atoms in total. The number of ether oxygens (including phenoxy) is 3. The summed E-state index contributed by atoms with van der Waals surface area (Å²) in [4.78, 5) is 8.54. The lowest BCUT2D eigenvalue weighted by Crippen LogP contribution is -2.22. The molecule has 0 unspecified atom stereocenters. The van der Waals surface area contributed by atoms with E-state index in [1.54, 1.807) is 24.4 Å². The van der Waals surface area contributed by atoms with E-state index >= 15 is 0 Å². The Morgan fingerprint density at radius 1 is 1.10 bits per heavy atom. The van der Waals surface area contributed by atoms with Crippen molar-refractivity contribution in [1.29, 1.82) is 0 Å². The molecule has 30 heavy (non-hydrogen) atoms. The number of nitrogens with zero attached hydrogens (tertiary/aromatic N) is 2. The van der Waals surface area contributed by atoms with Crippen molar-refractivity contribution in [2.24, 2.45) is 10.7 Å². The highest BCUT2D eigenvalue weighted by molar-refractivity contribution is 5.92. The standard InChI is InChI=1S/C22H21FN4O3/c23-16-3-1-4-18(11-16)30-21-8-5-15(13-25-21)14-26-22(24)27-17-6-7-19-20(12-17)29-10-2-9-28-19/h1,3-8,11-13H,2,9-10,14H2,(H3,24,26,27). The molecule has 2 heterocycles. The maximum absolute atomic E-state index is 13.2. The zero-order valence-electron chi connectivity index (χ0n) is 16.2. The number of guanidine groups is 1. The maximum atomic E-state index is 13.2. The number of fused-ring (bicyclic) bond motifs is 1. The molecule has 1 aliphatic rings. The van der Waals surface area contributed by atoms with Gasteiger partial charge < -0.3 is 25.3 Å². The first-order chi connectivity index (χ1) is 14.7. The fourth-order valence-corrected chi connectivity index (χ4v) is 2.82. The number of nitrogens with one attached hydrogen (secondary N) is 1. The van der Waals surface area contributed by atoms with Gasteiger partial charge in [-0.3, -0.25) is 0 Å². The van der Waals surface area contributed by atoms with Gasteiger partial charge in [0.05, 0.1) is 19.8 Å². The van der Waals surface area contributed by atoms with E-state index in [9.17, 15) is 4.39 Å². The molecule has 2 aromatic carbocycles. The molecule has 8 heteroatoms. The van der Waals surface area contributed by atoms with E-state index in [0.717, 1.165) is 23.4 Å². The third-order valence-corrected chi connectivity index (χ3v) is 4.27. The Bertz CT molecular complexity index is 1040. The number of rotatable bonds is 5. The normalized spacial score (nSPS) is 13.4. The molecule has 0 saturated heterocycles. The van der Waals surface area contributed by atoms with Crippen LogP contribution in [0, 0.1) is 5.82 Å². The minimum atomic E-state index is -0.366. The van der Waals surface area contributed by atoms with Crippen LogP contribution in [0.4, 0.5) is 10.1 Å². The number of nitrogens with two attached hydrogens (primary N) is 1. The van der Waals surface area contributed by atoms with E-state index < -0.39 is 0 Å². The fraction of sp³-hybridized carbons (Fsp3) is 0.182. The summed E-state index contributed by atoms with van der Waals surface area (Å²) in [5.74, 6) is 2.06. The second-order valence-electron chi connectivity index (χ2n) is 6.60. The first kappa shape index (κ1) is 19.5. The predicted molar refractivity (Wildman–Crippen MR) is 112 cm³/mol. The molecule has 0 spiro atoms. The van der Waals surface area contributed by atoms with Crippen molar-refractivity contribution >= 4 is 11.6 Å². The molecule has 3 aromatic rings. The van der Waals surface area contributed by atoms with E-state index in [4.69, 9.17) is 19.9 Å². The number of hydrogen-bond acceptors (Lipinski definition) is 5. The SMILES string of the molecule is NC(=NCc1ccc(Oc2cccc(F)c2)nc1)Nc1ccc2c(c1)OCCCO2. The van der Waals surface area contributed by atoms with Gasteiger partial charge in [0.15, 0.2) is 17.5 Å². The second kappa shape index (κ2) is 9.13. The molecular formula is C22H21FN4O3. The number of aliphatic imine (C=N–C) groups is 1. The summed E-state index contributed by atoms with van der Waals surface area (Å²) < 4.78 is 30.0. The lowest BCUT2D eigenvalue weighted by Gasteiger charge is -2.10. The zero-order valence-corrected chi connectivity index (χ0v) is 16.2. The van der Waals surface area contributed by atoms with Gasteiger partial charge in [-0.1, -0.05) is 12.1 Å². The van der Waals surface area contributed by atoms with Crippen LogP contribution in [-0.2, 0) is 6.54 Å². The highest BCUT2D eigenvalue weighted by atomic mass is 19.1. The van der Waals surface area contributed by atoms with Crippen LogP contribution in [0.5, 0.6) is 23.1 Å². The number of halogens is 1. The minimum absolute atomic E-state index is 0.268. The third kappa shape index (κ3) is 5.16. The van der Waals surface area contributed by atoms with E-state index in [1.165, 1.54) is 12.1 Å². The Kier molecular flexibility index (Phi) is 5.93. The van der Waals surface area contributed by atoms with Crippen LogP contribution in [-0.4, -0.2) is 24.2 Å². The van der Waals surface area contributed by atoms with Gasteiger partial charge in [0.2, 0.25) is 5.88 Å². The molecule has 154 valence electrons. The minimum Gasteiger partial charge on any atom is -0.490 e. The molecule has 0 radical (unpaired) electrons. The summed E-state index contributed by atoms with van der Waals surface area (Å²) in [5.41, 5.74) is 7.61. The number of aromatic nitrogens is 1. The quantitative estimate of drug-likeness (QED) is 0.488. The maximum Gasteiger partial charge on any atom is 0.219 e. The molecule has 1 aliphatic heterocycles. The molecule has 0 aliphatic carbocycles. The molecule has 1 aromatic heterocycles. The number of pyridine rings is 1. The van der Waals surface area contributed by atoms with Gasteiger partial charge in [0.1, 0.15) is 11.6 Å². The van der Waals surface area contributed by atoms with E-state index in [-0.39, 0.29) is 11.8 Å². The van der Waals surface area contributed by atoms with E-state index in [0.29, 0.717) is 37.1 Å². The van der Waals surface area contributed by atoms with Crippen LogP contribution in [0.2, 0.25) is 0 Å². The lowest BCUT2D eigenvalue weighted by atomic mass is 10.2.